The van der Waals surface area contributed by atoms with Crippen LogP contribution in [0.5, 0.6) is 5.75 Å². The molecule has 1 saturated heterocycles. The summed E-state index contributed by atoms with van der Waals surface area (Å²) < 4.78 is 37.1. The lowest BCUT2D eigenvalue weighted by Crippen LogP contribution is -2.46. The molecule has 0 bridgehead atoms. The van der Waals surface area contributed by atoms with E-state index in [4.69, 9.17) is 9.15 Å². The van der Waals surface area contributed by atoms with Crippen LogP contribution in [0, 0.1) is 6.92 Å². The standard InChI is InChI=1S/C18H22N2O5S/c1-13-17(9-12-25-13)18(21)19-14-7-10-20(11-8-14)26(22,23)16-5-3-15(24-2)4-6-16/h3-6,9,12,14H,7-8,10-11H2,1-2H3,(H,19,21). The number of ether oxygens (including phenoxy) is 1. The summed E-state index contributed by atoms with van der Waals surface area (Å²) in [7, 11) is -2.00. The van der Waals surface area contributed by atoms with Gasteiger partial charge in [0.2, 0.25) is 10.0 Å². The van der Waals surface area contributed by atoms with Crippen LogP contribution in [0.2, 0.25) is 0 Å². The lowest BCUT2D eigenvalue weighted by molar-refractivity contribution is 0.0922. The average Bonchev–Trinajstić information content (AvgIpc) is 3.08. The molecule has 1 fully saturated rings. The number of benzene rings is 1. The van der Waals surface area contributed by atoms with Crippen molar-refractivity contribution >= 4 is 15.9 Å². The van der Waals surface area contributed by atoms with E-state index >= 15 is 0 Å². The van der Waals surface area contributed by atoms with Crippen molar-refractivity contribution in [2.45, 2.75) is 30.7 Å². The summed E-state index contributed by atoms with van der Waals surface area (Å²) in [6.45, 7) is 2.46. The summed E-state index contributed by atoms with van der Waals surface area (Å²) >= 11 is 0. The lowest BCUT2D eigenvalue weighted by atomic mass is 10.1. The first-order chi connectivity index (χ1) is 12.4. The second-order valence-corrected chi connectivity index (χ2v) is 8.16. The van der Waals surface area contributed by atoms with Crippen LogP contribution in [-0.4, -0.2) is 44.9 Å². The van der Waals surface area contributed by atoms with Crippen LogP contribution >= 0.6 is 0 Å². The molecule has 0 saturated carbocycles. The predicted octanol–water partition coefficient (Wildman–Crippen LogP) is 2.18. The van der Waals surface area contributed by atoms with Crippen molar-refractivity contribution in [2.75, 3.05) is 20.2 Å². The Morgan fingerprint density at radius 2 is 1.85 bits per heavy atom. The van der Waals surface area contributed by atoms with Crippen molar-refractivity contribution in [1.29, 1.82) is 0 Å². The Labute approximate surface area is 153 Å². The Morgan fingerprint density at radius 1 is 1.19 bits per heavy atom. The number of carbonyl (C=O) groups is 1. The normalized spacial score (nSPS) is 16.4. The fourth-order valence-corrected chi connectivity index (χ4v) is 4.49. The van der Waals surface area contributed by atoms with Gasteiger partial charge in [-0.1, -0.05) is 0 Å². The van der Waals surface area contributed by atoms with Crippen molar-refractivity contribution in [2.24, 2.45) is 0 Å². The highest BCUT2D eigenvalue weighted by Crippen LogP contribution is 2.23. The Bertz CT molecular complexity index is 865. The SMILES string of the molecule is COc1ccc(S(=O)(=O)N2CCC(NC(=O)c3ccoc3C)CC2)cc1. The Hall–Kier alpha value is -2.32. The van der Waals surface area contributed by atoms with Crippen LogP contribution in [0.4, 0.5) is 0 Å². The maximum Gasteiger partial charge on any atom is 0.255 e. The van der Waals surface area contributed by atoms with E-state index in [2.05, 4.69) is 5.32 Å². The predicted molar refractivity (Wildman–Crippen MR) is 95.7 cm³/mol. The van der Waals surface area contributed by atoms with Gasteiger partial charge in [-0.2, -0.15) is 4.31 Å². The van der Waals surface area contributed by atoms with Gasteiger partial charge in [0.25, 0.3) is 5.91 Å². The first kappa shape index (κ1) is 18.5. The highest BCUT2D eigenvalue weighted by Gasteiger charge is 2.30. The van der Waals surface area contributed by atoms with Crippen molar-refractivity contribution < 1.29 is 22.4 Å². The molecule has 7 nitrogen and oxygen atoms in total. The van der Waals surface area contributed by atoms with E-state index in [1.54, 1.807) is 37.3 Å². The molecular weight excluding hydrogens is 356 g/mol. The molecule has 0 atom stereocenters. The number of amides is 1. The van der Waals surface area contributed by atoms with Crippen molar-refractivity contribution in [3.05, 3.63) is 47.9 Å². The van der Waals surface area contributed by atoms with Gasteiger partial charge in [0.05, 0.1) is 23.8 Å². The zero-order valence-electron chi connectivity index (χ0n) is 14.8. The van der Waals surface area contributed by atoms with Gasteiger partial charge in [-0.25, -0.2) is 8.42 Å². The van der Waals surface area contributed by atoms with Gasteiger partial charge in [-0.3, -0.25) is 4.79 Å². The average molecular weight is 378 g/mol. The number of nitrogens with one attached hydrogen (secondary N) is 1. The number of rotatable bonds is 5. The Kier molecular flexibility index (Phi) is 5.33. The zero-order chi connectivity index (χ0) is 18.7. The number of sulfonamides is 1. The van der Waals surface area contributed by atoms with Gasteiger partial charge in [0.15, 0.2) is 0 Å². The summed E-state index contributed by atoms with van der Waals surface area (Å²) in [6, 6.07) is 7.93. The summed E-state index contributed by atoms with van der Waals surface area (Å²) in [5.41, 5.74) is 0.512. The highest BCUT2D eigenvalue weighted by molar-refractivity contribution is 7.89. The van der Waals surface area contributed by atoms with E-state index in [-0.39, 0.29) is 16.8 Å². The third kappa shape index (κ3) is 3.76. The Morgan fingerprint density at radius 3 is 2.38 bits per heavy atom. The molecule has 0 radical (unpaired) electrons. The van der Waals surface area contributed by atoms with Crippen molar-refractivity contribution in [1.82, 2.24) is 9.62 Å². The third-order valence-electron chi connectivity index (χ3n) is 4.59. The van der Waals surface area contributed by atoms with E-state index in [1.165, 1.54) is 17.7 Å². The van der Waals surface area contributed by atoms with E-state index in [0.717, 1.165) is 0 Å². The van der Waals surface area contributed by atoms with Crippen molar-refractivity contribution in [3.8, 4) is 5.75 Å². The number of methoxy groups -OCH3 is 1. The number of piperidine rings is 1. The van der Waals surface area contributed by atoms with Crippen LogP contribution in [0.25, 0.3) is 0 Å². The van der Waals surface area contributed by atoms with E-state index < -0.39 is 10.0 Å². The first-order valence-corrected chi connectivity index (χ1v) is 9.85. The summed E-state index contributed by atoms with van der Waals surface area (Å²) in [5.74, 6) is 0.995. The fraction of sp³-hybridized carbons (Fsp3) is 0.389. The Balaban J connectivity index is 1.60. The van der Waals surface area contributed by atoms with Crippen LogP contribution in [0.15, 0.2) is 45.9 Å². The molecule has 3 rings (SSSR count). The largest absolute Gasteiger partial charge is 0.497 e. The van der Waals surface area contributed by atoms with Gasteiger partial charge in [-0.05, 0) is 50.1 Å². The third-order valence-corrected chi connectivity index (χ3v) is 6.50. The topological polar surface area (TPSA) is 88.9 Å². The molecule has 1 aromatic heterocycles. The van der Waals surface area contributed by atoms with Crippen molar-refractivity contribution in [3.63, 3.8) is 0 Å². The second kappa shape index (κ2) is 7.51. The smallest absolute Gasteiger partial charge is 0.255 e. The number of aryl methyl sites for hydroxylation is 1. The summed E-state index contributed by atoms with van der Waals surface area (Å²) in [5, 5.41) is 2.95. The summed E-state index contributed by atoms with van der Waals surface area (Å²) in [6.07, 6.45) is 2.62. The van der Waals surface area contributed by atoms with Crippen LogP contribution < -0.4 is 10.1 Å². The van der Waals surface area contributed by atoms with Gasteiger partial charge in [0, 0.05) is 19.1 Å². The minimum absolute atomic E-state index is 0.0564. The molecule has 2 heterocycles. The minimum Gasteiger partial charge on any atom is -0.497 e. The molecular formula is C18H22N2O5S. The first-order valence-electron chi connectivity index (χ1n) is 8.41. The highest BCUT2D eigenvalue weighted by atomic mass is 32.2. The molecule has 2 aromatic rings. The molecule has 26 heavy (non-hydrogen) atoms. The molecule has 1 aromatic carbocycles. The fourth-order valence-electron chi connectivity index (χ4n) is 3.02. The molecule has 8 heteroatoms. The monoisotopic (exact) mass is 378 g/mol. The van der Waals surface area contributed by atoms with E-state index in [1.807, 2.05) is 0 Å². The van der Waals surface area contributed by atoms with Gasteiger partial charge in [0.1, 0.15) is 11.5 Å². The lowest BCUT2D eigenvalue weighted by Gasteiger charge is -2.31. The number of carbonyl (C=O) groups excluding carboxylic acids is 1. The molecule has 140 valence electrons. The minimum atomic E-state index is -3.54. The van der Waals surface area contributed by atoms with Crippen LogP contribution in [0.3, 0.4) is 0 Å². The molecule has 0 aliphatic carbocycles. The number of furan rings is 1. The van der Waals surface area contributed by atoms with Crippen LogP contribution in [0.1, 0.15) is 29.0 Å². The molecule has 1 N–H and O–H groups in total. The molecule has 1 aliphatic rings. The van der Waals surface area contributed by atoms with E-state index in [9.17, 15) is 13.2 Å². The number of nitrogens with zero attached hydrogens (tertiary/aromatic N) is 1. The number of hydrogen-bond donors (Lipinski definition) is 1. The number of hydrogen-bond acceptors (Lipinski definition) is 5. The van der Waals surface area contributed by atoms with Gasteiger partial charge >= 0.3 is 0 Å². The summed E-state index contributed by atoms with van der Waals surface area (Å²) in [4.78, 5) is 12.5. The maximum atomic E-state index is 12.7. The van der Waals surface area contributed by atoms with Gasteiger partial charge < -0.3 is 14.5 Å². The molecule has 0 spiro atoms. The zero-order valence-corrected chi connectivity index (χ0v) is 15.6. The van der Waals surface area contributed by atoms with E-state index in [0.29, 0.717) is 43.0 Å². The van der Waals surface area contributed by atoms with Gasteiger partial charge in [-0.15, -0.1) is 0 Å². The van der Waals surface area contributed by atoms with Crippen LogP contribution in [-0.2, 0) is 10.0 Å². The molecule has 0 unspecified atom stereocenters. The molecule has 1 aliphatic heterocycles. The second-order valence-electron chi connectivity index (χ2n) is 6.22. The molecule has 1 amide bonds. The quantitative estimate of drug-likeness (QED) is 0.861. The maximum absolute atomic E-state index is 12.7.